The monoisotopic (exact) mass is 393 g/mol. The zero-order valence-electron chi connectivity index (χ0n) is 17.1. The van der Waals surface area contributed by atoms with Gasteiger partial charge in [0.2, 0.25) is 5.91 Å². The van der Waals surface area contributed by atoms with Gasteiger partial charge in [-0.2, -0.15) is 0 Å². The highest BCUT2D eigenvalue weighted by Gasteiger charge is 2.40. The standard InChI is InChI=1S/C19H27N3O6/c1-12(23)20-14-9-15(24)22(10-13(14)16(25)27-6)19(5)7-8-21(11-19)17(26)28-18(2,3)4/h9-10H,7-8,11H2,1-6H3,(H,20,23). The molecule has 1 aliphatic heterocycles. The first-order valence-corrected chi connectivity index (χ1v) is 8.97. The second-order valence-electron chi connectivity index (χ2n) is 8.13. The van der Waals surface area contributed by atoms with Crippen LogP contribution in [0.5, 0.6) is 0 Å². The van der Waals surface area contributed by atoms with E-state index in [-0.39, 0.29) is 17.8 Å². The van der Waals surface area contributed by atoms with Crippen molar-refractivity contribution in [2.24, 2.45) is 0 Å². The minimum absolute atomic E-state index is 0.0641. The predicted molar refractivity (Wildman–Crippen MR) is 102 cm³/mol. The van der Waals surface area contributed by atoms with E-state index in [4.69, 9.17) is 9.47 Å². The number of rotatable bonds is 3. The molecule has 0 aromatic carbocycles. The second-order valence-corrected chi connectivity index (χ2v) is 8.13. The van der Waals surface area contributed by atoms with Crippen LogP contribution in [-0.4, -0.2) is 53.2 Å². The summed E-state index contributed by atoms with van der Waals surface area (Å²) in [5.74, 6) is -1.09. The number of hydrogen-bond acceptors (Lipinski definition) is 6. The molecule has 1 N–H and O–H groups in total. The minimum Gasteiger partial charge on any atom is -0.465 e. The Morgan fingerprint density at radius 3 is 2.43 bits per heavy atom. The van der Waals surface area contributed by atoms with Crippen LogP contribution in [0.1, 0.15) is 51.4 Å². The summed E-state index contributed by atoms with van der Waals surface area (Å²) in [5, 5.41) is 2.47. The van der Waals surface area contributed by atoms with Crippen LogP contribution < -0.4 is 10.9 Å². The normalized spacial score (nSPS) is 19.3. The first kappa shape index (κ1) is 21.5. The summed E-state index contributed by atoms with van der Waals surface area (Å²) < 4.78 is 11.6. The quantitative estimate of drug-likeness (QED) is 0.787. The Hall–Kier alpha value is -2.84. The van der Waals surface area contributed by atoms with Gasteiger partial charge in [-0.15, -0.1) is 0 Å². The van der Waals surface area contributed by atoms with Gasteiger partial charge in [-0.1, -0.05) is 0 Å². The van der Waals surface area contributed by atoms with Crippen LogP contribution in [0.15, 0.2) is 17.1 Å². The predicted octanol–water partition coefficient (Wildman–Crippen LogP) is 1.95. The van der Waals surface area contributed by atoms with Gasteiger partial charge < -0.3 is 24.3 Å². The van der Waals surface area contributed by atoms with E-state index in [0.29, 0.717) is 13.0 Å². The second kappa shape index (κ2) is 7.65. The van der Waals surface area contributed by atoms with Crippen LogP contribution in [0.3, 0.4) is 0 Å². The SMILES string of the molecule is COC(=O)c1cn(C2(C)CCN(C(=O)OC(C)(C)C)C2)c(=O)cc1NC(C)=O. The summed E-state index contributed by atoms with van der Waals surface area (Å²) in [4.78, 5) is 50.2. The fourth-order valence-electron chi connectivity index (χ4n) is 3.14. The van der Waals surface area contributed by atoms with Gasteiger partial charge in [0.25, 0.3) is 5.56 Å². The third-order valence-electron chi connectivity index (χ3n) is 4.45. The average molecular weight is 393 g/mol. The van der Waals surface area contributed by atoms with Crippen molar-refractivity contribution in [3.05, 3.63) is 28.2 Å². The average Bonchev–Trinajstić information content (AvgIpc) is 2.95. The summed E-state index contributed by atoms with van der Waals surface area (Å²) in [7, 11) is 1.22. The fraction of sp³-hybridized carbons (Fsp3) is 0.579. The van der Waals surface area contributed by atoms with E-state index in [1.807, 2.05) is 6.92 Å². The fourth-order valence-corrected chi connectivity index (χ4v) is 3.14. The Bertz CT molecular complexity index is 854. The first-order valence-electron chi connectivity index (χ1n) is 8.97. The maximum atomic E-state index is 12.7. The molecule has 0 bridgehead atoms. The Morgan fingerprint density at radius 2 is 1.89 bits per heavy atom. The van der Waals surface area contributed by atoms with E-state index in [1.54, 1.807) is 20.8 Å². The number of carbonyl (C=O) groups is 3. The number of nitrogens with one attached hydrogen (secondary N) is 1. The molecule has 0 spiro atoms. The lowest BCUT2D eigenvalue weighted by Crippen LogP contribution is -2.43. The van der Waals surface area contributed by atoms with E-state index in [1.165, 1.54) is 35.8 Å². The molecule has 0 saturated carbocycles. The zero-order valence-corrected chi connectivity index (χ0v) is 17.1. The largest absolute Gasteiger partial charge is 0.465 e. The zero-order chi connectivity index (χ0) is 21.3. The number of esters is 1. The van der Waals surface area contributed by atoms with Crippen LogP contribution in [-0.2, 0) is 19.8 Å². The molecule has 1 saturated heterocycles. The van der Waals surface area contributed by atoms with Gasteiger partial charge in [-0.3, -0.25) is 9.59 Å². The lowest BCUT2D eigenvalue weighted by atomic mass is 10.0. The lowest BCUT2D eigenvalue weighted by molar-refractivity contribution is -0.114. The van der Waals surface area contributed by atoms with Crippen LogP contribution in [0.2, 0.25) is 0 Å². The lowest BCUT2D eigenvalue weighted by Gasteiger charge is -2.29. The van der Waals surface area contributed by atoms with Crippen molar-refractivity contribution in [2.45, 2.75) is 52.2 Å². The number of likely N-dealkylation sites (tertiary alicyclic amines) is 1. The molecule has 1 fully saturated rings. The molecule has 1 aromatic rings. The molecule has 1 aromatic heterocycles. The van der Waals surface area contributed by atoms with Gasteiger partial charge in [-0.05, 0) is 34.1 Å². The third kappa shape index (κ3) is 4.71. The highest BCUT2D eigenvalue weighted by atomic mass is 16.6. The van der Waals surface area contributed by atoms with Crippen LogP contribution in [0.25, 0.3) is 0 Å². The van der Waals surface area contributed by atoms with Gasteiger partial charge in [0.05, 0.1) is 23.9 Å². The number of amides is 2. The van der Waals surface area contributed by atoms with E-state index in [9.17, 15) is 19.2 Å². The molecular weight excluding hydrogens is 366 g/mol. The number of pyridine rings is 1. The first-order chi connectivity index (χ1) is 12.9. The summed E-state index contributed by atoms with van der Waals surface area (Å²) in [5.41, 5.74) is -1.60. The molecule has 0 radical (unpaired) electrons. The van der Waals surface area contributed by atoms with E-state index in [2.05, 4.69) is 5.32 Å². The summed E-state index contributed by atoms with van der Waals surface area (Å²) >= 11 is 0. The molecule has 154 valence electrons. The number of ether oxygens (including phenoxy) is 2. The van der Waals surface area contributed by atoms with Crippen molar-refractivity contribution in [2.75, 3.05) is 25.5 Å². The Kier molecular flexibility index (Phi) is 5.86. The highest BCUT2D eigenvalue weighted by Crippen LogP contribution is 2.30. The number of carbonyl (C=O) groups excluding carboxylic acids is 3. The number of methoxy groups -OCH3 is 1. The molecule has 9 nitrogen and oxygen atoms in total. The Balaban J connectivity index is 2.39. The topological polar surface area (TPSA) is 107 Å². The van der Waals surface area contributed by atoms with Gasteiger partial charge in [0.1, 0.15) is 5.60 Å². The van der Waals surface area contributed by atoms with Crippen molar-refractivity contribution in [1.29, 1.82) is 0 Å². The maximum absolute atomic E-state index is 12.7. The number of nitrogens with zero attached hydrogens (tertiary/aromatic N) is 2. The summed E-state index contributed by atoms with van der Waals surface area (Å²) in [6, 6.07) is 1.19. The van der Waals surface area contributed by atoms with Gasteiger partial charge in [-0.25, -0.2) is 9.59 Å². The molecule has 1 atom stereocenters. The molecular formula is C19H27N3O6. The summed E-state index contributed by atoms with van der Waals surface area (Å²) in [6.45, 7) is 9.14. The molecule has 2 rings (SSSR count). The summed E-state index contributed by atoms with van der Waals surface area (Å²) in [6.07, 6.45) is 1.43. The van der Waals surface area contributed by atoms with Crippen LogP contribution in [0, 0.1) is 0 Å². The Morgan fingerprint density at radius 1 is 1.25 bits per heavy atom. The maximum Gasteiger partial charge on any atom is 0.410 e. The molecule has 1 unspecified atom stereocenters. The Labute approximate surface area is 163 Å². The smallest absolute Gasteiger partial charge is 0.410 e. The third-order valence-corrected chi connectivity index (χ3v) is 4.45. The van der Waals surface area contributed by atoms with Gasteiger partial charge in [0, 0.05) is 32.3 Å². The highest BCUT2D eigenvalue weighted by molar-refractivity contribution is 6.00. The molecule has 0 aliphatic carbocycles. The van der Waals surface area contributed by atoms with Crippen molar-refractivity contribution in [3.63, 3.8) is 0 Å². The van der Waals surface area contributed by atoms with E-state index < -0.39 is 34.7 Å². The molecule has 9 heteroatoms. The number of hydrogen-bond donors (Lipinski definition) is 1. The van der Waals surface area contributed by atoms with E-state index >= 15 is 0 Å². The van der Waals surface area contributed by atoms with Crippen LogP contribution >= 0.6 is 0 Å². The number of aromatic nitrogens is 1. The minimum atomic E-state index is -0.731. The van der Waals surface area contributed by atoms with Crippen molar-refractivity contribution < 1.29 is 23.9 Å². The van der Waals surface area contributed by atoms with Gasteiger partial charge >= 0.3 is 12.1 Å². The molecule has 28 heavy (non-hydrogen) atoms. The van der Waals surface area contributed by atoms with Gasteiger partial charge in [0.15, 0.2) is 0 Å². The molecule has 2 amide bonds. The van der Waals surface area contributed by atoms with Crippen molar-refractivity contribution in [3.8, 4) is 0 Å². The molecule has 1 aliphatic rings. The van der Waals surface area contributed by atoms with Crippen LogP contribution in [0.4, 0.5) is 10.5 Å². The molecule has 2 heterocycles. The number of anilines is 1. The van der Waals surface area contributed by atoms with Crippen molar-refractivity contribution in [1.82, 2.24) is 9.47 Å². The van der Waals surface area contributed by atoms with E-state index in [0.717, 1.165) is 0 Å². The van der Waals surface area contributed by atoms with Crippen molar-refractivity contribution >= 4 is 23.7 Å².